The Balaban J connectivity index is 1.15. The van der Waals surface area contributed by atoms with Crippen LogP contribution < -0.4 is 78.5 Å². The molecule has 5 aromatic heterocycles. The fourth-order valence-corrected chi connectivity index (χ4v) is 19.5. The maximum absolute atomic E-state index is 13.4. The van der Waals surface area contributed by atoms with E-state index in [1.165, 1.54) is 0 Å². The number of esters is 5. The molecule has 0 aliphatic carbocycles. The standard InChI is InChI=1S/C88H143N35O10/c1-26-129-59(124)49-91-66-101-64(103-71(105-66)96-54-39-79(6,7)116-80(8,9)40-54)89-31-33-121(76-110-68(93-51-61(126)131-28-3)107-73(113-76)98-56-43-83(14,15)118-84(16,17)44-56)35-37-123(78-112-70(95-53-63(128)133-30-5)109-75(115-78)100-58-47-87(22,23)120-88(24,25)48-58)38-36-122(77-111-69(94-52-62(127)132-29-4)108-74(114-77)99-57-45-85(18,19)119-86(20,21)46-57)34-32-90-65-102-67(92-50-60(125)130-27-2)106-72(104-65)97-55-41-81(10,11)117-82(12,13)42-55/h49-58,116-120H,26-48H2,1-25H3,(H,98,107,110,113)(H,99,108,111,114)(H,100,109,112,115)(H2,89,96,101,103,105)(H2,90,97,102,104,106). The maximum Gasteiger partial charge on any atom is 0.349 e. The summed E-state index contributed by atoms with van der Waals surface area (Å²) in [4.78, 5) is 168. The summed E-state index contributed by atoms with van der Waals surface area (Å²) in [5.41, 5.74) is -3.05. The average Bonchev–Trinajstić information content (AvgIpc) is 0.810. The number of carbonyl (C=O) groups excluding carboxylic acids is 5. The molecule has 5 saturated heterocycles. The number of nitrogens with zero attached hydrogens (tertiary/aromatic N) is 23. The lowest BCUT2D eigenvalue weighted by molar-refractivity contribution is -0.135. The van der Waals surface area contributed by atoms with Gasteiger partial charge in [0.25, 0.3) is 29.7 Å². The second-order valence-electron chi connectivity index (χ2n) is 40.9. The molecule has 133 heavy (non-hydrogen) atoms. The van der Waals surface area contributed by atoms with Crippen LogP contribution in [0.25, 0.3) is 0 Å². The monoisotopic (exact) mass is 1850 g/mol. The highest BCUT2D eigenvalue weighted by molar-refractivity contribution is 6.25. The number of carbonyl (C=O) groups is 5. The van der Waals surface area contributed by atoms with Crippen molar-refractivity contribution in [1.29, 1.82) is 0 Å². The number of anilines is 10. The van der Waals surface area contributed by atoms with E-state index in [0.717, 1.165) is 31.1 Å². The van der Waals surface area contributed by atoms with Gasteiger partial charge in [-0.15, -0.1) is 0 Å². The first-order valence-corrected chi connectivity index (χ1v) is 46.2. The highest BCUT2D eigenvalue weighted by Crippen LogP contribution is 2.37. The molecule has 0 spiro atoms. The highest BCUT2D eigenvalue weighted by atomic mass is 16.5. The summed E-state index contributed by atoms with van der Waals surface area (Å²) < 4.78 is 26.5. The lowest BCUT2D eigenvalue weighted by atomic mass is 9.79. The number of ether oxygens (including phenoxy) is 5. The molecule has 5 fully saturated rings. The van der Waals surface area contributed by atoms with Gasteiger partial charge in [-0.3, -0.25) is 0 Å². The predicted molar refractivity (Wildman–Crippen MR) is 516 cm³/mol. The molecule has 0 unspecified atom stereocenters. The first kappa shape index (κ1) is 104. The number of hydrogen-bond donors (Lipinski definition) is 12. The van der Waals surface area contributed by atoms with Crippen LogP contribution in [-0.2, 0) is 47.7 Å². The van der Waals surface area contributed by atoms with E-state index in [2.05, 4.69) is 227 Å². The molecule has 10 rings (SSSR count). The van der Waals surface area contributed by atoms with Gasteiger partial charge in [-0.1, -0.05) is 0 Å². The molecule has 45 nitrogen and oxygen atoms in total. The van der Waals surface area contributed by atoms with Crippen molar-refractivity contribution in [2.45, 2.75) is 323 Å². The number of hydrogen-bond acceptors (Lipinski definition) is 45. The lowest BCUT2D eigenvalue weighted by Gasteiger charge is -2.46. The van der Waals surface area contributed by atoms with Crippen LogP contribution in [0.1, 0.15) is 237 Å². The zero-order valence-electron chi connectivity index (χ0n) is 82.4. The van der Waals surface area contributed by atoms with E-state index in [-0.39, 0.29) is 260 Å². The number of rotatable bonds is 42. The Morgan fingerprint density at radius 3 is 0.639 bits per heavy atom. The Labute approximate surface area is 780 Å². The molecule has 5 aromatic rings. The van der Waals surface area contributed by atoms with Crippen LogP contribution in [-0.4, -0.2) is 307 Å². The van der Waals surface area contributed by atoms with Gasteiger partial charge in [0.2, 0.25) is 59.5 Å². The van der Waals surface area contributed by atoms with Crippen LogP contribution in [0, 0.1) is 0 Å². The SMILES string of the molecule is CCOC(=O)C=Nc1nc(NCCN(CCN(CCN(CCNc2nc(N=CC(=O)OCC)nc(NC3CC(C)(C)NC(C)(C)C3)n2)c2nc(N=CC(=O)OCC)nc(NC3CC(C)(C)NC(C)(C)C3)n2)c2nc(N=CC(=O)OCC)nc(NC3CC(C)(C)NC(C)(C)C3)n2)c2nc(N=CC(=O)OCC)nc(NC3CC(C)(C)NC(C)(C)C3)n2)nc(NC2CC(C)(C)NC(C)(C)C2)n1. The van der Waals surface area contributed by atoms with Crippen molar-refractivity contribution >= 4 is 150 Å². The van der Waals surface area contributed by atoms with Crippen LogP contribution in [0.5, 0.6) is 0 Å². The molecule has 0 saturated carbocycles. The third-order valence-electron chi connectivity index (χ3n) is 22.0. The van der Waals surface area contributed by atoms with Crippen LogP contribution in [0.15, 0.2) is 25.0 Å². The zero-order valence-corrected chi connectivity index (χ0v) is 82.4. The molecule has 0 radical (unpaired) electrons. The Hall–Kier alpha value is -11.4. The molecule has 0 amide bonds. The normalized spacial score (nSPS) is 19.7. The first-order valence-electron chi connectivity index (χ1n) is 46.2. The van der Waals surface area contributed by atoms with Crippen molar-refractivity contribution in [3.05, 3.63) is 0 Å². The summed E-state index contributed by atoms with van der Waals surface area (Å²) in [6.07, 6.45) is 11.9. The number of aliphatic imine (C=N–C) groups is 5. The Morgan fingerprint density at radius 2 is 0.444 bits per heavy atom. The zero-order chi connectivity index (χ0) is 97.1. The summed E-state index contributed by atoms with van der Waals surface area (Å²) in [6.45, 7) is 52.1. The van der Waals surface area contributed by atoms with Gasteiger partial charge >= 0.3 is 29.8 Å². The van der Waals surface area contributed by atoms with Gasteiger partial charge in [0, 0.05) is 138 Å². The molecule has 0 atom stereocenters. The molecule has 10 heterocycles. The van der Waals surface area contributed by atoms with Crippen molar-refractivity contribution in [3.63, 3.8) is 0 Å². The third-order valence-corrected chi connectivity index (χ3v) is 22.0. The van der Waals surface area contributed by atoms with E-state index in [4.69, 9.17) is 98.4 Å². The topological polar surface area (TPSA) is 541 Å². The smallest absolute Gasteiger partial charge is 0.349 e. The molecule has 730 valence electrons. The van der Waals surface area contributed by atoms with Crippen molar-refractivity contribution in [1.82, 2.24) is 101 Å². The molecule has 0 bridgehead atoms. The fourth-order valence-electron chi connectivity index (χ4n) is 19.5. The Morgan fingerprint density at radius 1 is 0.271 bits per heavy atom. The van der Waals surface area contributed by atoms with Crippen molar-refractivity contribution in [3.8, 4) is 0 Å². The maximum atomic E-state index is 13.4. The predicted octanol–water partition coefficient (Wildman–Crippen LogP) is 8.59. The number of aromatic nitrogens is 15. The summed E-state index contributed by atoms with van der Waals surface area (Å²) in [6, 6.07) is -0.761. The van der Waals surface area contributed by atoms with Crippen LogP contribution in [0.2, 0.25) is 0 Å². The summed E-state index contributed by atoms with van der Waals surface area (Å²) in [7, 11) is 0. The summed E-state index contributed by atoms with van der Waals surface area (Å²) in [5, 5.41) is 43.7. The molecule has 5 aliphatic heterocycles. The van der Waals surface area contributed by atoms with Crippen molar-refractivity contribution in [2.24, 2.45) is 25.0 Å². The first-order chi connectivity index (χ1) is 62.3. The van der Waals surface area contributed by atoms with E-state index in [9.17, 15) is 24.0 Å². The fraction of sp³-hybridized carbons (Fsp3) is 0.716. The van der Waals surface area contributed by atoms with Crippen LogP contribution in [0.3, 0.4) is 0 Å². The van der Waals surface area contributed by atoms with Crippen LogP contribution in [0.4, 0.5) is 89.2 Å². The van der Waals surface area contributed by atoms with Gasteiger partial charge < -0.3 is 102 Å². The number of nitrogens with one attached hydrogen (secondary N) is 12. The van der Waals surface area contributed by atoms with E-state index in [1.807, 2.05) is 14.7 Å². The Bertz CT molecular complexity index is 4650. The molecule has 0 aromatic carbocycles. The summed E-state index contributed by atoms with van der Waals surface area (Å²) >= 11 is 0. The average molecular weight is 1850 g/mol. The van der Waals surface area contributed by atoms with Gasteiger partial charge in [-0.2, -0.15) is 74.8 Å². The van der Waals surface area contributed by atoms with Gasteiger partial charge in [0.1, 0.15) is 31.1 Å². The van der Waals surface area contributed by atoms with E-state index in [1.54, 1.807) is 34.6 Å². The van der Waals surface area contributed by atoms with Gasteiger partial charge in [-0.25, -0.2) is 48.9 Å². The largest absolute Gasteiger partial charge is 0.462 e. The van der Waals surface area contributed by atoms with E-state index in [0.29, 0.717) is 64.2 Å². The molecule has 12 N–H and O–H groups in total. The van der Waals surface area contributed by atoms with Crippen molar-refractivity contribution in [2.75, 3.05) is 137 Å². The molecular weight excluding hydrogens is 1710 g/mol. The minimum atomic E-state index is -0.735. The lowest BCUT2D eigenvalue weighted by Crippen LogP contribution is -2.60. The second-order valence-corrected chi connectivity index (χ2v) is 40.9. The van der Waals surface area contributed by atoms with Gasteiger partial charge in [0.05, 0.1) is 33.0 Å². The third kappa shape index (κ3) is 34.2. The van der Waals surface area contributed by atoms with Crippen molar-refractivity contribution < 1.29 is 47.7 Å². The van der Waals surface area contributed by atoms with Gasteiger partial charge in [0.15, 0.2) is 0 Å². The summed E-state index contributed by atoms with van der Waals surface area (Å²) in [5.74, 6) is -2.75. The quantitative estimate of drug-likeness (QED) is 0.00988. The highest BCUT2D eigenvalue weighted by Gasteiger charge is 2.44. The van der Waals surface area contributed by atoms with E-state index < -0.39 is 29.8 Å². The molecule has 5 aliphatic rings. The van der Waals surface area contributed by atoms with Crippen LogP contribution >= 0.6 is 0 Å². The number of piperidine rings is 5. The molecule has 45 heteroatoms. The van der Waals surface area contributed by atoms with Gasteiger partial charge in [-0.05, 0) is 237 Å². The van der Waals surface area contributed by atoms with E-state index >= 15 is 0 Å². The molecular formula is C88H143N35O10. The Kier molecular flexibility index (Phi) is 34.4. The minimum Gasteiger partial charge on any atom is -0.462 e. The minimum absolute atomic E-state index is 0.00748. The second kappa shape index (κ2) is 44.1.